The van der Waals surface area contributed by atoms with Crippen LogP contribution in [0.25, 0.3) is 11.3 Å². The Bertz CT molecular complexity index is 566. The Labute approximate surface area is 98.7 Å². The van der Waals surface area contributed by atoms with Crippen LogP contribution < -0.4 is 0 Å². The second-order valence-electron chi connectivity index (χ2n) is 3.87. The van der Waals surface area contributed by atoms with E-state index in [-0.39, 0.29) is 5.56 Å². The molecule has 0 aliphatic carbocycles. The molecule has 5 heteroatoms. The van der Waals surface area contributed by atoms with E-state index in [4.69, 9.17) is 9.52 Å². The second-order valence-corrected chi connectivity index (χ2v) is 3.87. The number of aryl methyl sites for hydroxylation is 2. The first-order valence-electron chi connectivity index (χ1n) is 5.40. The molecule has 0 amide bonds. The molecule has 90 valence electrons. The van der Waals surface area contributed by atoms with Gasteiger partial charge in [0.25, 0.3) is 0 Å². The Kier molecular flexibility index (Phi) is 2.75. The molecule has 0 radical (unpaired) electrons. The third-order valence-corrected chi connectivity index (χ3v) is 2.77. The van der Waals surface area contributed by atoms with Gasteiger partial charge in [0.2, 0.25) is 0 Å². The predicted molar refractivity (Wildman–Crippen MR) is 62.0 cm³/mol. The van der Waals surface area contributed by atoms with Crippen molar-refractivity contribution in [1.82, 2.24) is 9.78 Å². The normalized spacial score (nSPS) is 10.8. The van der Waals surface area contributed by atoms with Crippen molar-refractivity contribution in [2.45, 2.75) is 27.3 Å². The smallest absolute Gasteiger partial charge is 0.338 e. The first-order chi connectivity index (χ1) is 8.04. The molecule has 0 spiro atoms. The van der Waals surface area contributed by atoms with E-state index in [1.165, 1.54) is 12.3 Å². The topological polar surface area (TPSA) is 68.3 Å². The summed E-state index contributed by atoms with van der Waals surface area (Å²) in [6, 6.07) is 1.53. The van der Waals surface area contributed by atoms with Crippen molar-refractivity contribution in [3.05, 3.63) is 29.3 Å². The van der Waals surface area contributed by atoms with Crippen LogP contribution in [-0.4, -0.2) is 20.9 Å². The van der Waals surface area contributed by atoms with Gasteiger partial charge in [-0.1, -0.05) is 0 Å². The van der Waals surface area contributed by atoms with Crippen molar-refractivity contribution in [2.24, 2.45) is 0 Å². The minimum Gasteiger partial charge on any atom is -0.478 e. The summed E-state index contributed by atoms with van der Waals surface area (Å²) in [5.74, 6) is -0.435. The highest BCUT2D eigenvalue weighted by Gasteiger charge is 2.17. The van der Waals surface area contributed by atoms with Gasteiger partial charge in [0.1, 0.15) is 12.0 Å². The molecule has 1 N–H and O–H groups in total. The molecule has 0 aliphatic heterocycles. The van der Waals surface area contributed by atoms with E-state index in [1.807, 2.05) is 25.5 Å². The summed E-state index contributed by atoms with van der Waals surface area (Å²) >= 11 is 0. The molecule has 0 aliphatic rings. The monoisotopic (exact) mass is 234 g/mol. The fraction of sp³-hybridized carbons (Fsp3) is 0.333. The maximum Gasteiger partial charge on any atom is 0.338 e. The number of carboxylic acids is 1. The largest absolute Gasteiger partial charge is 0.478 e. The van der Waals surface area contributed by atoms with Crippen molar-refractivity contribution in [3.63, 3.8) is 0 Å². The summed E-state index contributed by atoms with van der Waals surface area (Å²) in [6.07, 6.45) is 1.25. The van der Waals surface area contributed by atoms with Gasteiger partial charge in [0.15, 0.2) is 0 Å². The van der Waals surface area contributed by atoms with E-state index in [0.717, 1.165) is 23.5 Å². The second kappa shape index (κ2) is 4.08. The minimum absolute atomic E-state index is 0.156. The van der Waals surface area contributed by atoms with Crippen LogP contribution in [-0.2, 0) is 6.54 Å². The minimum atomic E-state index is -0.988. The van der Waals surface area contributed by atoms with Gasteiger partial charge in [-0.25, -0.2) is 4.79 Å². The van der Waals surface area contributed by atoms with E-state index in [2.05, 4.69) is 5.10 Å². The number of carbonyl (C=O) groups is 1. The Morgan fingerprint density at radius 1 is 1.53 bits per heavy atom. The highest BCUT2D eigenvalue weighted by molar-refractivity contribution is 5.88. The molecule has 2 aromatic rings. The van der Waals surface area contributed by atoms with Crippen LogP contribution in [0, 0.1) is 13.8 Å². The summed E-state index contributed by atoms with van der Waals surface area (Å²) < 4.78 is 7.17. The first kappa shape index (κ1) is 11.4. The number of aromatic carboxylic acids is 1. The van der Waals surface area contributed by atoms with Crippen LogP contribution >= 0.6 is 0 Å². The molecule has 5 nitrogen and oxygen atoms in total. The molecule has 2 rings (SSSR count). The number of furan rings is 1. The van der Waals surface area contributed by atoms with Crippen LogP contribution in [0.3, 0.4) is 0 Å². The van der Waals surface area contributed by atoms with Gasteiger partial charge in [0, 0.05) is 12.2 Å². The zero-order chi connectivity index (χ0) is 12.6. The van der Waals surface area contributed by atoms with Crippen LogP contribution in [0.1, 0.15) is 28.7 Å². The molecule has 17 heavy (non-hydrogen) atoms. The Hall–Kier alpha value is -2.04. The number of aromatic nitrogens is 2. The summed E-state index contributed by atoms with van der Waals surface area (Å²) in [5.41, 5.74) is 2.86. The van der Waals surface area contributed by atoms with Crippen LogP contribution in [0.2, 0.25) is 0 Å². The number of hydrogen-bond donors (Lipinski definition) is 1. The van der Waals surface area contributed by atoms with E-state index in [9.17, 15) is 4.79 Å². The SMILES string of the molecule is CCn1nc(C)c(-c2cc(C(=O)O)co2)c1C. The van der Waals surface area contributed by atoms with Crippen molar-refractivity contribution in [2.75, 3.05) is 0 Å². The molecule has 0 fully saturated rings. The van der Waals surface area contributed by atoms with E-state index < -0.39 is 5.97 Å². The van der Waals surface area contributed by atoms with Crippen molar-refractivity contribution in [3.8, 4) is 11.3 Å². The standard InChI is InChI=1S/C12H14N2O3/c1-4-14-8(3)11(7(2)13-14)10-5-9(6-17-10)12(15)16/h5-6H,4H2,1-3H3,(H,15,16). The van der Waals surface area contributed by atoms with Crippen LogP contribution in [0.5, 0.6) is 0 Å². The highest BCUT2D eigenvalue weighted by Crippen LogP contribution is 2.28. The highest BCUT2D eigenvalue weighted by atomic mass is 16.4. The first-order valence-corrected chi connectivity index (χ1v) is 5.40. The van der Waals surface area contributed by atoms with E-state index >= 15 is 0 Å². The molecular formula is C12H14N2O3. The third-order valence-electron chi connectivity index (χ3n) is 2.77. The molecule has 0 saturated carbocycles. The molecule has 0 unspecified atom stereocenters. The molecule has 0 aromatic carbocycles. The third kappa shape index (κ3) is 1.84. The van der Waals surface area contributed by atoms with Crippen molar-refractivity contribution >= 4 is 5.97 Å². The number of carboxylic acid groups (broad SMARTS) is 1. The maximum atomic E-state index is 10.8. The lowest BCUT2D eigenvalue weighted by atomic mass is 10.1. The number of hydrogen-bond acceptors (Lipinski definition) is 3. The number of rotatable bonds is 3. The zero-order valence-electron chi connectivity index (χ0n) is 10.0. The number of nitrogens with zero attached hydrogens (tertiary/aromatic N) is 2. The lowest BCUT2D eigenvalue weighted by Crippen LogP contribution is -1.98. The van der Waals surface area contributed by atoms with Gasteiger partial charge in [-0.15, -0.1) is 0 Å². The van der Waals surface area contributed by atoms with Gasteiger partial charge in [0.05, 0.1) is 16.8 Å². The van der Waals surface area contributed by atoms with Crippen LogP contribution in [0.4, 0.5) is 0 Å². The lowest BCUT2D eigenvalue weighted by Gasteiger charge is -1.99. The molecule has 2 aromatic heterocycles. The lowest BCUT2D eigenvalue weighted by molar-refractivity contribution is 0.0696. The van der Waals surface area contributed by atoms with E-state index in [0.29, 0.717) is 5.76 Å². The Morgan fingerprint density at radius 3 is 2.71 bits per heavy atom. The molecule has 0 saturated heterocycles. The van der Waals surface area contributed by atoms with Gasteiger partial charge in [-0.2, -0.15) is 5.10 Å². The fourth-order valence-electron chi connectivity index (χ4n) is 1.94. The Morgan fingerprint density at radius 2 is 2.24 bits per heavy atom. The Balaban J connectivity index is 2.52. The predicted octanol–water partition coefficient (Wildman–Crippen LogP) is 2.48. The van der Waals surface area contributed by atoms with Crippen molar-refractivity contribution < 1.29 is 14.3 Å². The van der Waals surface area contributed by atoms with Gasteiger partial charge < -0.3 is 9.52 Å². The maximum absolute atomic E-state index is 10.8. The average molecular weight is 234 g/mol. The quantitative estimate of drug-likeness (QED) is 0.885. The van der Waals surface area contributed by atoms with E-state index in [1.54, 1.807) is 0 Å². The zero-order valence-corrected chi connectivity index (χ0v) is 10.0. The fourth-order valence-corrected chi connectivity index (χ4v) is 1.94. The van der Waals surface area contributed by atoms with Crippen LogP contribution in [0.15, 0.2) is 16.7 Å². The summed E-state index contributed by atoms with van der Waals surface area (Å²) in [6.45, 7) is 6.62. The van der Waals surface area contributed by atoms with Gasteiger partial charge in [-0.3, -0.25) is 4.68 Å². The van der Waals surface area contributed by atoms with Gasteiger partial charge >= 0.3 is 5.97 Å². The van der Waals surface area contributed by atoms with Gasteiger partial charge in [-0.05, 0) is 26.8 Å². The summed E-state index contributed by atoms with van der Waals surface area (Å²) in [7, 11) is 0. The molecule has 2 heterocycles. The average Bonchev–Trinajstić information content (AvgIpc) is 2.83. The van der Waals surface area contributed by atoms with Crippen molar-refractivity contribution in [1.29, 1.82) is 0 Å². The molecule has 0 bridgehead atoms. The summed E-state index contributed by atoms with van der Waals surface area (Å²) in [4.78, 5) is 10.8. The summed E-state index contributed by atoms with van der Waals surface area (Å²) in [5, 5.41) is 13.2. The molecular weight excluding hydrogens is 220 g/mol. The molecule has 0 atom stereocenters.